The van der Waals surface area contributed by atoms with Gasteiger partial charge in [-0.3, -0.25) is 0 Å². The molecule has 0 saturated carbocycles. The monoisotopic (exact) mass is 328 g/mol. The van der Waals surface area contributed by atoms with Crippen molar-refractivity contribution in [2.24, 2.45) is 0 Å². The first-order valence-corrected chi connectivity index (χ1v) is 6.99. The van der Waals surface area contributed by atoms with E-state index < -0.39 is 0 Å². The molecular formula is C15H13BrN4. The van der Waals surface area contributed by atoms with Crippen molar-refractivity contribution in [3.8, 4) is 11.3 Å². The molecule has 4 nitrogen and oxygen atoms in total. The van der Waals surface area contributed by atoms with E-state index in [0.717, 1.165) is 22.3 Å². The number of anilines is 1. The van der Waals surface area contributed by atoms with Crippen molar-refractivity contribution >= 4 is 21.7 Å². The van der Waals surface area contributed by atoms with Crippen LogP contribution in [0.4, 0.5) is 5.82 Å². The fourth-order valence-electron chi connectivity index (χ4n) is 2.05. The van der Waals surface area contributed by atoms with E-state index in [-0.39, 0.29) is 0 Å². The molecule has 3 aromatic rings. The molecular weight excluding hydrogens is 316 g/mol. The van der Waals surface area contributed by atoms with Gasteiger partial charge in [0.1, 0.15) is 5.82 Å². The Morgan fingerprint density at radius 2 is 1.95 bits per heavy atom. The summed E-state index contributed by atoms with van der Waals surface area (Å²) in [5, 5.41) is 0. The van der Waals surface area contributed by atoms with Crippen molar-refractivity contribution in [2.75, 3.05) is 5.73 Å². The number of benzene rings is 1. The molecule has 0 saturated heterocycles. The molecule has 0 bridgehead atoms. The molecule has 2 aromatic heterocycles. The standard InChI is InChI=1S/C15H13BrN4/c16-13-4-2-1-3-12(13)9-20-10-18-8-14(20)11-5-6-15(17)19-7-11/h1-8,10H,9H2,(H2,17,19). The zero-order chi connectivity index (χ0) is 13.9. The first-order chi connectivity index (χ1) is 9.74. The summed E-state index contributed by atoms with van der Waals surface area (Å²) in [6.45, 7) is 0.751. The number of halogens is 1. The van der Waals surface area contributed by atoms with Crippen LogP contribution in [-0.4, -0.2) is 14.5 Å². The van der Waals surface area contributed by atoms with Gasteiger partial charge in [-0.25, -0.2) is 9.97 Å². The Labute approximate surface area is 125 Å². The van der Waals surface area contributed by atoms with Crippen molar-refractivity contribution < 1.29 is 0 Å². The van der Waals surface area contributed by atoms with E-state index >= 15 is 0 Å². The molecule has 0 aliphatic heterocycles. The van der Waals surface area contributed by atoms with E-state index in [9.17, 15) is 0 Å². The Kier molecular flexibility index (Phi) is 3.52. The Morgan fingerprint density at radius 1 is 1.10 bits per heavy atom. The van der Waals surface area contributed by atoms with Crippen LogP contribution in [0.15, 0.2) is 59.6 Å². The van der Waals surface area contributed by atoms with Crippen molar-refractivity contribution in [2.45, 2.75) is 6.54 Å². The molecule has 3 rings (SSSR count). The van der Waals surface area contributed by atoms with Crippen LogP contribution in [0.3, 0.4) is 0 Å². The van der Waals surface area contributed by atoms with E-state index in [0.29, 0.717) is 5.82 Å². The molecule has 0 radical (unpaired) electrons. The fourth-order valence-corrected chi connectivity index (χ4v) is 2.46. The summed E-state index contributed by atoms with van der Waals surface area (Å²) in [5.41, 5.74) is 8.85. The van der Waals surface area contributed by atoms with E-state index in [1.807, 2.05) is 36.8 Å². The van der Waals surface area contributed by atoms with Crippen molar-refractivity contribution in [1.82, 2.24) is 14.5 Å². The zero-order valence-electron chi connectivity index (χ0n) is 10.7. The molecule has 5 heteroatoms. The SMILES string of the molecule is Nc1ccc(-c2cncn2Cc2ccccc2Br)cn1. The van der Waals surface area contributed by atoms with Crippen molar-refractivity contribution in [3.63, 3.8) is 0 Å². The van der Waals surface area contributed by atoms with E-state index in [2.05, 4.69) is 36.5 Å². The highest BCUT2D eigenvalue weighted by atomic mass is 79.9. The molecule has 0 aliphatic rings. The third-order valence-corrected chi connectivity index (χ3v) is 3.87. The van der Waals surface area contributed by atoms with Crippen LogP contribution in [0, 0.1) is 0 Å². The zero-order valence-corrected chi connectivity index (χ0v) is 12.3. The minimum atomic E-state index is 0.519. The van der Waals surface area contributed by atoms with Crippen LogP contribution in [0.2, 0.25) is 0 Å². The second-order valence-corrected chi connectivity index (χ2v) is 5.32. The maximum Gasteiger partial charge on any atom is 0.123 e. The predicted octanol–water partition coefficient (Wildman–Crippen LogP) is 3.34. The molecule has 0 atom stereocenters. The Balaban J connectivity index is 1.95. The minimum absolute atomic E-state index is 0.519. The van der Waals surface area contributed by atoms with Gasteiger partial charge in [-0.1, -0.05) is 34.1 Å². The number of nitrogens with zero attached hydrogens (tertiary/aromatic N) is 3. The van der Waals surface area contributed by atoms with Gasteiger partial charge in [-0.2, -0.15) is 0 Å². The summed E-state index contributed by atoms with van der Waals surface area (Å²) < 4.78 is 3.18. The molecule has 0 fully saturated rings. The predicted molar refractivity (Wildman–Crippen MR) is 83.1 cm³/mol. The lowest BCUT2D eigenvalue weighted by atomic mass is 10.2. The lowest BCUT2D eigenvalue weighted by Gasteiger charge is -2.09. The van der Waals surface area contributed by atoms with Gasteiger partial charge in [-0.15, -0.1) is 0 Å². The third-order valence-electron chi connectivity index (χ3n) is 3.09. The number of hydrogen-bond donors (Lipinski definition) is 1. The highest BCUT2D eigenvalue weighted by Crippen LogP contribution is 2.22. The smallest absolute Gasteiger partial charge is 0.123 e. The summed E-state index contributed by atoms with van der Waals surface area (Å²) in [7, 11) is 0. The van der Waals surface area contributed by atoms with Crippen LogP contribution < -0.4 is 5.73 Å². The molecule has 1 aromatic carbocycles. The summed E-state index contributed by atoms with van der Waals surface area (Å²) in [5.74, 6) is 0.519. The normalized spacial score (nSPS) is 10.7. The molecule has 20 heavy (non-hydrogen) atoms. The fraction of sp³-hybridized carbons (Fsp3) is 0.0667. The Bertz CT molecular complexity index is 719. The van der Waals surface area contributed by atoms with Gasteiger partial charge in [0.05, 0.1) is 24.8 Å². The van der Waals surface area contributed by atoms with E-state index in [1.54, 1.807) is 12.3 Å². The highest BCUT2D eigenvalue weighted by molar-refractivity contribution is 9.10. The van der Waals surface area contributed by atoms with Crippen LogP contribution >= 0.6 is 15.9 Å². The van der Waals surface area contributed by atoms with Crippen LogP contribution in [0.25, 0.3) is 11.3 Å². The maximum absolute atomic E-state index is 5.62. The lowest BCUT2D eigenvalue weighted by Crippen LogP contribution is -2.01. The van der Waals surface area contributed by atoms with Gasteiger partial charge in [-0.05, 0) is 23.8 Å². The van der Waals surface area contributed by atoms with Crippen molar-refractivity contribution in [3.05, 3.63) is 65.2 Å². The molecule has 0 spiro atoms. The van der Waals surface area contributed by atoms with Gasteiger partial charge in [0.15, 0.2) is 0 Å². The van der Waals surface area contributed by atoms with Crippen LogP contribution in [-0.2, 0) is 6.54 Å². The molecule has 0 amide bonds. The highest BCUT2D eigenvalue weighted by Gasteiger charge is 2.07. The maximum atomic E-state index is 5.62. The van der Waals surface area contributed by atoms with Crippen LogP contribution in [0.1, 0.15) is 5.56 Å². The number of nitrogens with two attached hydrogens (primary N) is 1. The minimum Gasteiger partial charge on any atom is -0.384 e. The van der Waals surface area contributed by atoms with Crippen LogP contribution in [0.5, 0.6) is 0 Å². The quantitative estimate of drug-likeness (QED) is 0.802. The number of rotatable bonds is 3. The lowest BCUT2D eigenvalue weighted by molar-refractivity contribution is 0.801. The summed E-state index contributed by atoms with van der Waals surface area (Å²) >= 11 is 3.57. The summed E-state index contributed by atoms with van der Waals surface area (Å²) in [6.07, 6.45) is 5.43. The summed E-state index contributed by atoms with van der Waals surface area (Å²) in [6, 6.07) is 11.9. The number of hydrogen-bond acceptors (Lipinski definition) is 3. The first-order valence-electron chi connectivity index (χ1n) is 6.19. The second-order valence-electron chi connectivity index (χ2n) is 4.47. The van der Waals surface area contributed by atoms with Crippen molar-refractivity contribution in [1.29, 1.82) is 0 Å². The van der Waals surface area contributed by atoms with Gasteiger partial charge in [0.25, 0.3) is 0 Å². The molecule has 2 N–H and O–H groups in total. The first kappa shape index (κ1) is 12.9. The molecule has 0 unspecified atom stereocenters. The third kappa shape index (κ3) is 2.58. The van der Waals surface area contributed by atoms with E-state index in [1.165, 1.54) is 5.56 Å². The number of imidazole rings is 1. The second kappa shape index (κ2) is 5.46. The average molecular weight is 329 g/mol. The van der Waals surface area contributed by atoms with E-state index in [4.69, 9.17) is 5.73 Å². The van der Waals surface area contributed by atoms with Gasteiger partial charge in [0, 0.05) is 16.2 Å². The Hall–Kier alpha value is -2.14. The molecule has 0 aliphatic carbocycles. The number of aromatic nitrogens is 3. The molecule has 2 heterocycles. The number of nitrogen functional groups attached to an aromatic ring is 1. The average Bonchev–Trinajstić information content (AvgIpc) is 2.90. The summed E-state index contributed by atoms with van der Waals surface area (Å²) in [4.78, 5) is 8.36. The van der Waals surface area contributed by atoms with Gasteiger partial charge < -0.3 is 10.3 Å². The largest absolute Gasteiger partial charge is 0.384 e. The van der Waals surface area contributed by atoms with Gasteiger partial charge >= 0.3 is 0 Å². The Morgan fingerprint density at radius 3 is 2.70 bits per heavy atom. The topological polar surface area (TPSA) is 56.7 Å². The number of pyridine rings is 1. The molecule has 100 valence electrons. The van der Waals surface area contributed by atoms with Gasteiger partial charge in [0.2, 0.25) is 0 Å².